The lowest BCUT2D eigenvalue weighted by molar-refractivity contribution is 0.233. The van der Waals surface area contributed by atoms with Crippen LogP contribution in [-0.4, -0.2) is 70.1 Å². The molecule has 9 heteroatoms. The van der Waals surface area contributed by atoms with Crippen molar-refractivity contribution >= 4 is 28.7 Å². The van der Waals surface area contributed by atoms with E-state index < -0.39 is 0 Å². The summed E-state index contributed by atoms with van der Waals surface area (Å²) in [4.78, 5) is 26.1. The lowest BCUT2D eigenvalue weighted by Crippen LogP contribution is -2.42. The fraction of sp³-hybridized carbons (Fsp3) is 0.333. The van der Waals surface area contributed by atoms with Crippen LogP contribution in [0, 0.1) is 6.92 Å². The number of hydrogen-bond acceptors (Lipinski definition) is 8. The molecule has 0 atom stereocenters. The second-order valence-electron chi connectivity index (χ2n) is 8.61. The van der Waals surface area contributed by atoms with Crippen LogP contribution in [0.15, 0.2) is 42.6 Å². The van der Waals surface area contributed by atoms with Gasteiger partial charge in [0.15, 0.2) is 0 Å². The van der Waals surface area contributed by atoms with Crippen LogP contribution in [0.1, 0.15) is 11.3 Å². The molecular formula is C24H29N9. The van der Waals surface area contributed by atoms with Crippen LogP contribution in [0.25, 0.3) is 22.3 Å². The maximum atomic E-state index is 4.69. The zero-order valence-corrected chi connectivity index (χ0v) is 19.3. The number of pyridine rings is 1. The molecule has 0 radical (unpaired) electrons. The van der Waals surface area contributed by atoms with Crippen LogP contribution >= 0.6 is 0 Å². The van der Waals surface area contributed by atoms with E-state index in [-0.39, 0.29) is 0 Å². The topological polar surface area (TPSA) is 97.9 Å². The molecule has 0 aliphatic carbocycles. The summed E-state index contributed by atoms with van der Waals surface area (Å²) < 4.78 is 0. The van der Waals surface area contributed by atoms with Crippen molar-refractivity contribution in [2.75, 3.05) is 50.5 Å². The maximum Gasteiger partial charge on any atom is 0.225 e. The number of imidazole rings is 1. The fourth-order valence-electron chi connectivity index (χ4n) is 4.02. The molecule has 170 valence electrons. The Hall–Kier alpha value is -3.56. The Morgan fingerprint density at radius 1 is 1.03 bits per heavy atom. The highest BCUT2D eigenvalue weighted by Gasteiger charge is 2.12. The minimum Gasteiger partial charge on any atom is -0.347 e. The monoisotopic (exact) mass is 443 g/mol. The van der Waals surface area contributed by atoms with Gasteiger partial charge >= 0.3 is 0 Å². The number of aromatic amines is 1. The summed E-state index contributed by atoms with van der Waals surface area (Å²) in [6.07, 6.45) is 1.85. The number of nitrogens with zero attached hydrogens (tertiary/aromatic N) is 6. The fourth-order valence-corrected chi connectivity index (χ4v) is 4.02. The Labute approximate surface area is 193 Å². The van der Waals surface area contributed by atoms with Crippen molar-refractivity contribution in [1.82, 2.24) is 35.1 Å². The molecule has 4 aromatic rings. The molecule has 1 aliphatic rings. The smallest absolute Gasteiger partial charge is 0.225 e. The summed E-state index contributed by atoms with van der Waals surface area (Å²) in [7, 11) is 3.89. The van der Waals surface area contributed by atoms with Crippen LogP contribution in [0.2, 0.25) is 0 Å². The van der Waals surface area contributed by atoms with Crippen LogP contribution in [0.4, 0.5) is 17.7 Å². The molecule has 1 aliphatic heterocycles. The number of benzene rings is 1. The number of hydrogen-bond donors (Lipinski definition) is 3. The highest BCUT2D eigenvalue weighted by atomic mass is 15.2. The zero-order valence-electron chi connectivity index (χ0n) is 19.3. The maximum absolute atomic E-state index is 4.69. The number of nitrogens with one attached hydrogen (secondary N) is 3. The highest BCUT2D eigenvalue weighted by Crippen LogP contribution is 2.25. The average molecular weight is 444 g/mol. The number of aryl methyl sites for hydroxylation is 1. The first-order valence-electron chi connectivity index (χ1n) is 11.2. The summed E-state index contributed by atoms with van der Waals surface area (Å²) in [6.45, 7) is 7.13. The minimum absolute atomic E-state index is 0.668. The molecule has 0 unspecified atom stereocenters. The molecule has 0 amide bonds. The van der Waals surface area contributed by atoms with E-state index in [1.807, 2.05) is 50.3 Å². The van der Waals surface area contributed by atoms with Crippen molar-refractivity contribution in [3.05, 3.63) is 53.9 Å². The summed E-state index contributed by atoms with van der Waals surface area (Å²) in [5, 5.41) is 6.72. The van der Waals surface area contributed by atoms with E-state index in [9.17, 15) is 0 Å². The van der Waals surface area contributed by atoms with Crippen LogP contribution in [0.5, 0.6) is 0 Å². The standard InChI is InChI=1S/C24H29N9/c1-16-12-20(30-24(27-16)32(2)3)18-4-5-19-21(14-18)29-23(28-19)31-22-13-17(6-7-26-22)15-33-10-8-25-9-11-33/h4-7,12-14,25H,8-11,15H2,1-3H3,(H2,26,28,29,31). The highest BCUT2D eigenvalue weighted by molar-refractivity contribution is 5.83. The van der Waals surface area contributed by atoms with Crippen LogP contribution in [-0.2, 0) is 6.54 Å². The number of anilines is 3. The Morgan fingerprint density at radius 3 is 2.70 bits per heavy atom. The lowest BCUT2D eigenvalue weighted by atomic mass is 10.1. The Bertz CT molecular complexity index is 1260. The quantitative estimate of drug-likeness (QED) is 0.419. The molecule has 0 bridgehead atoms. The predicted molar refractivity (Wildman–Crippen MR) is 132 cm³/mol. The first-order chi connectivity index (χ1) is 16.0. The molecule has 33 heavy (non-hydrogen) atoms. The normalized spacial score (nSPS) is 14.5. The number of fused-ring (bicyclic) bond motifs is 1. The van der Waals surface area contributed by atoms with Gasteiger partial charge in [0.2, 0.25) is 11.9 Å². The van der Waals surface area contributed by atoms with E-state index in [1.165, 1.54) is 5.56 Å². The second-order valence-corrected chi connectivity index (χ2v) is 8.61. The van der Waals surface area contributed by atoms with Crippen molar-refractivity contribution in [3.63, 3.8) is 0 Å². The molecule has 9 nitrogen and oxygen atoms in total. The average Bonchev–Trinajstić information content (AvgIpc) is 3.21. The number of piperazine rings is 1. The van der Waals surface area contributed by atoms with Gasteiger partial charge in [-0.1, -0.05) is 6.07 Å². The van der Waals surface area contributed by atoms with Crippen LogP contribution in [0.3, 0.4) is 0 Å². The van der Waals surface area contributed by atoms with E-state index in [0.29, 0.717) is 11.9 Å². The lowest BCUT2D eigenvalue weighted by Gasteiger charge is -2.27. The summed E-state index contributed by atoms with van der Waals surface area (Å²) in [6, 6.07) is 12.3. The van der Waals surface area contributed by atoms with Gasteiger partial charge in [-0.25, -0.2) is 19.9 Å². The number of H-pyrrole nitrogens is 1. The molecule has 1 fully saturated rings. The molecular weight excluding hydrogens is 414 g/mol. The number of aromatic nitrogens is 5. The third-order valence-corrected chi connectivity index (χ3v) is 5.71. The van der Waals surface area contributed by atoms with Gasteiger partial charge in [-0.3, -0.25) is 4.90 Å². The van der Waals surface area contributed by atoms with Gasteiger partial charge in [-0.05, 0) is 42.8 Å². The number of rotatable bonds is 6. The Kier molecular flexibility index (Phi) is 5.89. The van der Waals surface area contributed by atoms with Crippen molar-refractivity contribution in [1.29, 1.82) is 0 Å². The van der Waals surface area contributed by atoms with Gasteiger partial charge in [-0.15, -0.1) is 0 Å². The Balaban J connectivity index is 1.36. The molecule has 3 aromatic heterocycles. The molecule has 3 N–H and O–H groups in total. The molecule has 0 spiro atoms. The van der Waals surface area contributed by atoms with Crippen molar-refractivity contribution in [3.8, 4) is 11.3 Å². The molecule has 1 saturated heterocycles. The van der Waals surface area contributed by atoms with E-state index >= 15 is 0 Å². The van der Waals surface area contributed by atoms with Gasteiger partial charge in [0.25, 0.3) is 0 Å². The zero-order chi connectivity index (χ0) is 22.8. The van der Waals surface area contributed by atoms with Gasteiger partial charge in [0.05, 0.1) is 16.7 Å². The van der Waals surface area contributed by atoms with E-state index in [0.717, 1.165) is 66.5 Å². The molecule has 0 saturated carbocycles. The summed E-state index contributed by atoms with van der Waals surface area (Å²) >= 11 is 0. The van der Waals surface area contributed by atoms with Gasteiger partial charge < -0.3 is 20.5 Å². The van der Waals surface area contributed by atoms with E-state index in [4.69, 9.17) is 0 Å². The second kappa shape index (κ2) is 9.13. The molecule has 5 rings (SSSR count). The molecule has 4 heterocycles. The van der Waals surface area contributed by atoms with Gasteiger partial charge in [-0.2, -0.15) is 0 Å². The largest absolute Gasteiger partial charge is 0.347 e. The Morgan fingerprint density at radius 2 is 1.88 bits per heavy atom. The summed E-state index contributed by atoms with van der Waals surface area (Å²) in [5.74, 6) is 2.15. The third kappa shape index (κ3) is 4.94. The predicted octanol–water partition coefficient (Wildman–Crippen LogP) is 2.94. The third-order valence-electron chi connectivity index (χ3n) is 5.71. The first kappa shape index (κ1) is 21.3. The van der Waals surface area contributed by atoms with Crippen LogP contribution < -0.4 is 15.5 Å². The molecule has 1 aromatic carbocycles. The van der Waals surface area contributed by atoms with Crippen molar-refractivity contribution in [2.45, 2.75) is 13.5 Å². The van der Waals surface area contributed by atoms with E-state index in [1.54, 1.807) is 0 Å². The van der Waals surface area contributed by atoms with Gasteiger partial charge in [0, 0.05) is 64.3 Å². The van der Waals surface area contributed by atoms with Gasteiger partial charge in [0.1, 0.15) is 5.82 Å². The first-order valence-corrected chi connectivity index (χ1v) is 11.2. The van der Waals surface area contributed by atoms with E-state index in [2.05, 4.69) is 58.7 Å². The van der Waals surface area contributed by atoms with Crippen molar-refractivity contribution in [2.24, 2.45) is 0 Å². The minimum atomic E-state index is 0.668. The SMILES string of the molecule is Cc1cc(-c2ccc3nc(Nc4cc(CN5CCNCC5)ccn4)[nH]c3c2)nc(N(C)C)n1. The van der Waals surface area contributed by atoms with Crippen molar-refractivity contribution < 1.29 is 0 Å². The summed E-state index contributed by atoms with van der Waals surface area (Å²) in [5.41, 5.74) is 5.90.